The Morgan fingerprint density at radius 2 is 2.20 bits per heavy atom. The van der Waals surface area contributed by atoms with Gasteiger partial charge in [-0.05, 0) is 20.1 Å². The second-order valence-electron chi connectivity index (χ2n) is 3.02. The molecular formula is C9H12N4OS. The number of hydrogen-bond acceptors (Lipinski definition) is 5. The quantitative estimate of drug-likeness (QED) is 0.478. The molecule has 0 unspecified atom stereocenters. The molecule has 0 radical (unpaired) electrons. The lowest BCUT2D eigenvalue weighted by Gasteiger charge is -2.02. The van der Waals surface area contributed by atoms with E-state index in [1.165, 1.54) is 18.0 Å². The Morgan fingerprint density at radius 3 is 2.67 bits per heavy atom. The number of hydrogen-bond donors (Lipinski definition) is 1. The minimum Gasteiger partial charge on any atom is -0.365 e. The van der Waals surface area contributed by atoms with Crippen LogP contribution in [-0.4, -0.2) is 27.8 Å². The molecule has 1 heterocycles. The van der Waals surface area contributed by atoms with Crippen molar-refractivity contribution in [2.24, 2.45) is 10.7 Å². The monoisotopic (exact) mass is 224 g/mol. The third-order valence-corrected chi connectivity index (χ3v) is 2.09. The summed E-state index contributed by atoms with van der Waals surface area (Å²) in [7, 11) is 0. The van der Waals surface area contributed by atoms with Crippen LogP contribution >= 0.6 is 11.8 Å². The summed E-state index contributed by atoms with van der Waals surface area (Å²) in [6.07, 6.45) is 3.26. The number of carbonyl (C=O) groups is 1. The minimum absolute atomic E-state index is 0.244. The first-order chi connectivity index (χ1) is 7.04. The van der Waals surface area contributed by atoms with Crippen molar-refractivity contribution in [3.8, 4) is 0 Å². The molecule has 0 spiro atoms. The summed E-state index contributed by atoms with van der Waals surface area (Å²) in [4.78, 5) is 23.3. The summed E-state index contributed by atoms with van der Waals surface area (Å²) in [5.41, 5.74) is 6.24. The Kier molecular flexibility index (Phi) is 3.79. The number of nitrogens with two attached hydrogens (primary N) is 1. The molecule has 6 heteroatoms. The van der Waals surface area contributed by atoms with Gasteiger partial charge >= 0.3 is 0 Å². The number of amides is 1. The van der Waals surface area contributed by atoms with Crippen LogP contribution in [0.2, 0.25) is 0 Å². The van der Waals surface area contributed by atoms with Crippen molar-refractivity contribution >= 4 is 29.2 Å². The zero-order valence-corrected chi connectivity index (χ0v) is 9.63. The van der Waals surface area contributed by atoms with Crippen LogP contribution in [0.4, 0.5) is 5.82 Å². The minimum atomic E-state index is -0.567. The van der Waals surface area contributed by atoms with Gasteiger partial charge in [0.15, 0.2) is 11.0 Å². The molecule has 0 aliphatic heterocycles. The fourth-order valence-electron chi connectivity index (χ4n) is 0.926. The Balaban J connectivity index is 3.29. The number of carbonyl (C=O) groups excluding carboxylic acids is 1. The molecule has 80 valence electrons. The first kappa shape index (κ1) is 11.6. The van der Waals surface area contributed by atoms with Gasteiger partial charge in [0.2, 0.25) is 0 Å². The molecule has 0 fully saturated rings. The number of aromatic nitrogens is 2. The molecular weight excluding hydrogens is 212 g/mol. The van der Waals surface area contributed by atoms with Crippen LogP contribution in [0.5, 0.6) is 0 Å². The third-order valence-electron chi connectivity index (χ3n) is 1.52. The highest BCUT2D eigenvalue weighted by molar-refractivity contribution is 7.98. The predicted octanol–water partition coefficient (Wildman–Crippen LogP) is 1.41. The van der Waals surface area contributed by atoms with E-state index in [4.69, 9.17) is 5.73 Å². The summed E-state index contributed by atoms with van der Waals surface area (Å²) < 4.78 is 0. The van der Waals surface area contributed by atoms with Gasteiger partial charge in [0, 0.05) is 11.9 Å². The van der Waals surface area contributed by atoms with Crippen molar-refractivity contribution in [2.45, 2.75) is 19.0 Å². The molecule has 1 aromatic rings. The molecule has 5 nitrogen and oxygen atoms in total. The molecule has 1 amide bonds. The van der Waals surface area contributed by atoms with Crippen LogP contribution in [-0.2, 0) is 0 Å². The van der Waals surface area contributed by atoms with Gasteiger partial charge in [-0.2, -0.15) is 0 Å². The fraction of sp³-hybridized carbons (Fsp3) is 0.333. The van der Waals surface area contributed by atoms with Crippen molar-refractivity contribution in [3.63, 3.8) is 0 Å². The zero-order valence-electron chi connectivity index (χ0n) is 8.81. The van der Waals surface area contributed by atoms with Gasteiger partial charge in [0.1, 0.15) is 5.56 Å². The molecule has 0 saturated carbocycles. The van der Waals surface area contributed by atoms with Gasteiger partial charge in [-0.1, -0.05) is 11.8 Å². The lowest BCUT2D eigenvalue weighted by molar-refractivity contribution is 0.1000. The molecule has 15 heavy (non-hydrogen) atoms. The lowest BCUT2D eigenvalue weighted by atomic mass is 10.3. The van der Waals surface area contributed by atoms with E-state index in [1.54, 1.807) is 0 Å². The Bertz CT molecular complexity index is 413. The number of primary amides is 1. The molecule has 0 aliphatic carbocycles. The summed E-state index contributed by atoms with van der Waals surface area (Å²) in [5, 5.41) is 0.569. The van der Waals surface area contributed by atoms with E-state index < -0.39 is 5.91 Å². The van der Waals surface area contributed by atoms with E-state index in [0.29, 0.717) is 11.0 Å². The van der Waals surface area contributed by atoms with Crippen LogP contribution in [0.25, 0.3) is 0 Å². The second kappa shape index (κ2) is 4.88. The van der Waals surface area contributed by atoms with Crippen molar-refractivity contribution in [1.29, 1.82) is 0 Å². The number of nitrogens with zero attached hydrogens (tertiary/aromatic N) is 3. The van der Waals surface area contributed by atoms with Crippen LogP contribution < -0.4 is 5.73 Å². The lowest BCUT2D eigenvalue weighted by Crippen LogP contribution is -2.12. The highest BCUT2D eigenvalue weighted by Crippen LogP contribution is 2.18. The van der Waals surface area contributed by atoms with Gasteiger partial charge in [-0.3, -0.25) is 4.79 Å². The van der Waals surface area contributed by atoms with E-state index >= 15 is 0 Å². The molecule has 1 aromatic heterocycles. The van der Waals surface area contributed by atoms with E-state index in [2.05, 4.69) is 15.0 Å². The van der Waals surface area contributed by atoms with Crippen molar-refractivity contribution < 1.29 is 4.79 Å². The van der Waals surface area contributed by atoms with Crippen molar-refractivity contribution in [3.05, 3.63) is 11.8 Å². The number of aliphatic imine (C=N–C) groups is 1. The Hall–Kier alpha value is -1.43. The summed E-state index contributed by atoms with van der Waals surface area (Å²) in [6, 6.07) is 0. The highest BCUT2D eigenvalue weighted by atomic mass is 32.2. The van der Waals surface area contributed by atoms with Crippen molar-refractivity contribution in [2.75, 3.05) is 6.26 Å². The Morgan fingerprint density at radius 1 is 1.53 bits per heavy atom. The molecule has 1 rings (SSSR count). The molecule has 2 N–H and O–H groups in total. The predicted molar refractivity (Wildman–Crippen MR) is 60.8 cm³/mol. The average Bonchev–Trinajstić information content (AvgIpc) is 2.16. The molecule has 0 saturated heterocycles. The highest BCUT2D eigenvalue weighted by Gasteiger charge is 2.10. The zero-order chi connectivity index (χ0) is 11.4. The largest absolute Gasteiger partial charge is 0.365 e. The van der Waals surface area contributed by atoms with Gasteiger partial charge in [0.05, 0.1) is 0 Å². The molecule has 0 atom stereocenters. The van der Waals surface area contributed by atoms with E-state index in [1.807, 2.05) is 20.1 Å². The summed E-state index contributed by atoms with van der Waals surface area (Å²) >= 11 is 1.39. The van der Waals surface area contributed by atoms with Crippen LogP contribution in [0.1, 0.15) is 24.2 Å². The van der Waals surface area contributed by atoms with E-state index in [9.17, 15) is 4.79 Å². The molecule has 0 aromatic carbocycles. The van der Waals surface area contributed by atoms with Gasteiger partial charge in [0.25, 0.3) is 5.91 Å². The summed E-state index contributed by atoms with van der Waals surface area (Å²) in [5.74, 6) is -0.232. The first-order valence-electron chi connectivity index (χ1n) is 4.27. The van der Waals surface area contributed by atoms with Crippen LogP contribution in [0.15, 0.2) is 16.3 Å². The van der Waals surface area contributed by atoms with E-state index in [-0.39, 0.29) is 5.56 Å². The standard InChI is InChI=1S/C9H12N4OS/c1-5(2)12-8-6(7(10)14)4-11-9(13-8)15-3/h4H,1-3H3,(H2,10,14). The van der Waals surface area contributed by atoms with Crippen LogP contribution in [0, 0.1) is 0 Å². The number of rotatable bonds is 3. The summed E-state index contributed by atoms with van der Waals surface area (Å²) in [6.45, 7) is 3.65. The van der Waals surface area contributed by atoms with Crippen LogP contribution in [0.3, 0.4) is 0 Å². The molecule has 0 bridgehead atoms. The smallest absolute Gasteiger partial charge is 0.254 e. The Labute approximate surface area is 92.2 Å². The van der Waals surface area contributed by atoms with Gasteiger partial charge in [-0.15, -0.1) is 0 Å². The maximum absolute atomic E-state index is 11.1. The SMILES string of the molecule is CSc1ncc(C(N)=O)c(N=C(C)C)n1. The van der Waals surface area contributed by atoms with Gasteiger partial charge < -0.3 is 5.73 Å². The third kappa shape index (κ3) is 3.02. The fourth-order valence-corrected chi connectivity index (χ4v) is 1.26. The number of thioether (sulfide) groups is 1. The van der Waals surface area contributed by atoms with E-state index in [0.717, 1.165) is 5.71 Å². The first-order valence-corrected chi connectivity index (χ1v) is 5.49. The van der Waals surface area contributed by atoms with Crippen molar-refractivity contribution in [1.82, 2.24) is 9.97 Å². The second-order valence-corrected chi connectivity index (χ2v) is 3.79. The average molecular weight is 224 g/mol. The maximum Gasteiger partial charge on any atom is 0.254 e. The maximum atomic E-state index is 11.1. The molecule has 0 aliphatic rings. The normalized spacial score (nSPS) is 9.80. The topological polar surface area (TPSA) is 81.2 Å². The van der Waals surface area contributed by atoms with Gasteiger partial charge in [-0.25, -0.2) is 15.0 Å².